The van der Waals surface area contributed by atoms with E-state index in [1.54, 1.807) is 38.5 Å². The first kappa shape index (κ1) is 17.0. The van der Waals surface area contributed by atoms with Crippen molar-refractivity contribution in [3.63, 3.8) is 0 Å². The number of ether oxygens (including phenoxy) is 2. The number of aryl methyl sites for hydroxylation is 1. The van der Waals surface area contributed by atoms with Gasteiger partial charge in [-0.2, -0.15) is 0 Å². The molecule has 0 saturated carbocycles. The molecule has 0 fully saturated rings. The second-order valence-corrected chi connectivity index (χ2v) is 5.38. The number of hydrogen-bond donors (Lipinski definition) is 1. The van der Waals surface area contributed by atoms with Crippen molar-refractivity contribution in [2.75, 3.05) is 20.8 Å². The average Bonchev–Trinajstić information content (AvgIpc) is 2.61. The Bertz CT molecular complexity index is 596. The van der Waals surface area contributed by atoms with Gasteiger partial charge in [-0.3, -0.25) is 4.79 Å². The van der Waals surface area contributed by atoms with Crippen LogP contribution < -0.4 is 10.1 Å². The van der Waals surface area contributed by atoms with E-state index < -0.39 is 0 Å². The third kappa shape index (κ3) is 5.42. The lowest BCUT2D eigenvalue weighted by molar-refractivity contribution is 0.0892. The van der Waals surface area contributed by atoms with Crippen molar-refractivity contribution in [2.45, 2.75) is 18.9 Å². The Morgan fingerprint density at radius 1 is 1.04 bits per heavy atom. The van der Waals surface area contributed by atoms with Crippen molar-refractivity contribution in [3.8, 4) is 5.75 Å². The van der Waals surface area contributed by atoms with E-state index in [0.717, 1.165) is 18.6 Å². The zero-order valence-corrected chi connectivity index (χ0v) is 13.6. The maximum Gasteiger partial charge on any atom is 0.251 e. The number of amides is 1. The van der Waals surface area contributed by atoms with Gasteiger partial charge in [0, 0.05) is 12.7 Å². The maximum atomic E-state index is 12.3. The highest BCUT2D eigenvalue weighted by Gasteiger charge is 2.14. The quantitative estimate of drug-likeness (QED) is 0.815. The standard InChI is InChI=1S/C19H23NO3/c1-22-14-17(11-8-15-6-4-3-5-7-15)20-19(21)16-9-12-18(23-2)13-10-16/h3-7,9-10,12-13,17H,8,11,14H2,1-2H3,(H,20,21). The van der Waals surface area contributed by atoms with Crippen molar-refractivity contribution >= 4 is 5.91 Å². The fraction of sp³-hybridized carbons (Fsp3) is 0.316. The predicted molar refractivity (Wildman–Crippen MR) is 90.9 cm³/mol. The van der Waals surface area contributed by atoms with Crippen molar-refractivity contribution in [3.05, 3.63) is 65.7 Å². The van der Waals surface area contributed by atoms with Gasteiger partial charge in [-0.1, -0.05) is 30.3 Å². The van der Waals surface area contributed by atoms with Crippen LogP contribution in [0.1, 0.15) is 22.3 Å². The third-order valence-electron chi connectivity index (χ3n) is 3.68. The van der Waals surface area contributed by atoms with Gasteiger partial charge >= 0.3 is 0 Å². The smallest absolute Gasteiger partial charge is 0.251 e. The van der Waals surface area contributed by atoms with Crippen molar-refractivity contribution < 1.29 is 14.3 Å². The van der Waals surface area contributed by atoms with Crippen LogP contribution in [0.25, 0.3) is 0 Å². The molecule has 0 aliphatic rings. The summed E-state index contributed by atoms with van der Waals surface area (Å²) in [5.41, 5.74) is 1.87. The van der Waals surface area contributed by atoms with Crippen LogP contribution in [0.3, 0.4) is 0 Å². The van der Waals surface area contributed by atoms with Crippen LogP contribution in [0.15, 0.2) is 54.6 Å². The molecule has 0 aromatic heterocycles. The molecule has 4 heteroatoms. The van der Waals surface area contributed by atoms with E-state index in [-0.39, 0.29) is 11.9 Å². The van der Waals surface area contributed by atoms with Crippen molar-refractivity contribution in [1.29, 1.82) is 0 Å². The molecular weight excluding hydrogens is 290 g/mol. The van der Waals surface area contributed by atoms with Crippen LogP contribution in [0, 0.1) is 0 Å². The first-order valence-electron chi connectivity index (χ1n) is 7.70. The van der Waals surface area contributed by atoms with E-state index in [2.05, 4.69) is 17.4 Å². The monoisotopic (exact) mass is 313 g/mol. The summed E-state index contributed by atoms with van der Waals surface area (Å²) in [5.74, 6) is 0.641. The van der Waals surface area contributed by atoms with Gasteiger partial charge in [0.15, 0.2) is 0 Å². The van der Waals surface area contributed by atoms with Gasteiger partial charge in [0.05, 0.1) is 19.8 Å². The minimum absolute atomic E-state index is 0.0187. The fourth-order valence-electron chi connectivity index (χ4n) is 2.40. The Balaban J connectivity index is 1.93. The van der Waals surface area contributed by atoms with Gasteiger partial charge in [-0.15, -0.1) is 0 Å². The average molecular weight is 313 g/mol. The van der Waals surface area contributed by atoms with Gasteiger partial charge in [-0.25, -0.2) is 0 Å². The van der Waals surface area contributed by atoms with E-state index in [9.17, 15) is 4.79 Å². The van der Waals surface area contributed by atoms with Gasteiger partial charge in [0.1, 0.15) is 5.75 Å². The highest BCUT2D eigenvalue weighted by molar-refractivity contribution is 5.94. The van der Waals surface area contributed by atoms with Crippen LogP contribution in [0.2, 0.25) is 0 Å². The summed E-state index contributed by atoms with van der Waals surface area (Å²) in [7, 11) is 3.25. The molecule has 1 atom stereocenters. The van der Waals surface area contributed by atoms with Gasteiger partial charge in [-0.05, 0) is 42.7 Å². The number of nitrogens with one attached hydrogen (secondary N) is 1. The zero-order valence-electron chi connectivity index (χ0n) is 13.6. The Hall–Kier alpha value is -2.33. The van der Waals surface area contributed by atoms with Crippen LogP contribution in [-0.4, -0.2) is 32.8 Å². The predicted octanol–water partition coefficient (Wildman–Crippen LogP) is 3.07. The van der Waals surface area contributed by atoms with Crippen LogP contribution in [-0.2, 0) is 11.2 Å². The first-order chi connectivity index (χ1) is 11.2. The summed E-state index contributed by atoms with van der Waals surface area (Å²) in [6.45, 7) is 0.495. The molecule has 2 aromatic rings. The first-order valence-corrected chi connectivity index (χ1v) is 7.70. The molecule has 0 bridgehead atoms. The number of rotatable bonds is 8. The van der Waals surface area contributed by atoms with Crippen LogP contribution in [0.5, 0.6) is 5.75 Å². The lowest BCUT2D eigenvalue weighted by atomic mass is 10.1. The number of methoxy groups -OCH3 is 2. The molecule has 23 heavy (non-hydrogen) atoms. The molecule has 1 unspecified atom stereocenters. The lowest BCUT2D eigenvalue weighted by Gasteiger charge is -2.18. The Morgan fingerprint density at radius 2 is 1.74 bits per heavy atom. The Morgan fingerprint density at radius 3 is 2.35 bits per heavy atom. The molecule has 122 valence electrons. The summed E-state index contributed by atoms with van der Waals surface area (Å²) < 4.78 is 10.3. The van der Waals surface area contributed by atoms with E-state index >= 15 is 0 Å². The summed E-state index contributed by atoms with van der Waals surface area (Å²) in [4.78, 5) is 12.3. The SMILES string of the molecule is COCC(CCc1ccccc1)NC(=O)c1ccc(OC)cc1. The molecule has 2 aromatic carbocycles. The molecule has 2 rings (SSSR count). The van der Waals surface area contributed by atoms with E-state index in [4.69, 9.17) is 9.47 Å². The van der Waals surface area contributed by atoms with E-state index in [1.807, 2.05) is 18.2 Å². The molecule has 0 spiro atoms. The zero-order chi connectivity index (χ0) is 16.5. The molecule has 0 heterocycles. The van der Waals surface area contributed by atoms with Crippen molar-refractivity contribution in [1.82, 2.24) is 5.32 Å². The summed E-state index contributed by atoms with van der Waals surface area (Å²) in [6, 6.07) is 17.3. The number of carbonyl (C=O) groups is 1. The molecular formula is C19H23NO3. The minimum Gasteiger partial charge on any atom is -0.497 e. The Labute approximate surface area is 137 Å². The number of hydrogen-bond acceptors (Lipinski definition) is 3. The largest absolute Gasteiger partial charge is 0.497 e. The second-order valence-electron chi connectivity index (χ2n) is 5.38. The van der Waals surface area contributed by atoms with Gasteiger partial charge in [0.2, 0.25) is 0 Å². The normalized spacial score (nSPS) is 11.7. The van der Waals surface area contributed by atoms with Gasteiger partial charge < -0.3 is 14.8 Å². The fourth-order valence-corrected chi connectivity index (χ4v) is 2.40. The van der Waals surface area contributed by atoms with Crippen LogP contribution >= 0.6 is 0 Å². The molecule has 0 saturated heterocycles. The molecule has 0 aliphatic heterocycles. The van der Waals surface area contributed by atoms with Crippen LogP contribution in [0.4, 0.5) is 0 Å². The third-order valence-corrected chi connectivity index (χ3v) is 3.68. The topological polar surface area (TPSA) is 47.6 Å². The molecule has 1 N–H and O–H groups in total. The molecule has 1 amide bonds. The van der Waals surface area contributed by atoms with E-state index in [1.165, 1.54) is 5.56 Å². The highest BCUT2D eigenvalue weighted by atomic mass is 16.5. The lowest BCUT2D eigenvalue weighted by Crippen LogP contribution is -2.38. The van der Waals surface area contributed by atoms with Gasteiger partial charge in [0.25, 0.3) is 5.91 Å². The number of carbonyl (C=O) groups excluding carboxylic acids is 1. The summed E-state index contributed by atoms with van der Waals surface area (Å²) >= 11 is 0. The maximum absolute atomic E-state index is 12.3. The molecule has 4 nitrogen and oxygen atoms in total. The Kier molecular flexibility index (Phi) is 6.63. The second kappa shape index (κ2) is 8.96. The summed E-state index contributed by atoms with van der Waals surface area (Å²) in [6.07, 6.45) is 1.73. The molecule has 0 aliphatic carbocycles. The minimum atomic E-state index is -0.0947. The highest BCUT2D eigenvalue weighted by Crippen LogP contribution is 2.12. The molecule has 0 radical (unpaired) electrons. The number of benzene rings is 2. The summed E-state index contributed by atoms with van der Waals surface area (Å²) in [5, 5.41) is 3.04. The van der Waals surface area contributed by atoms with E-state index in [0.29, 0.717) is 12.2 Å². The van der Waals surface area contributed by atoms with Crippen molar-refractivity contribution in [2.24, 2.45) is 0 Å².